The molecule has 0 unspecified atom stereocenters. The van der Waals surface area contributed by atoms with Gasteiger partial charge < -0.3 is 14.4 Å². The molecule has 0 aliphatic heterocycles. The van der Waals surface area contributed by atoms with E-state index in [9.17, 15) is 0 Å². The van der Waals surface area contributed by atoms with E-state index < -0.39 is 0 Å². The lowest BCUT2D eigenvalue weighted by Crippen LogP contribution is -2.28. The van der Waals surface area contributed by atoms with Crippen molar-refractivity contribution >= 4 is 51.2 Å². The van der Waals surface area contributed by atoms with Crippen molar-refractivity contribution in [1.29, 1.82) is 0 Å². The van der Waals surface area contributed by atoms with Crippen LogP contribution in [0.2, 0.25) is 5.02 Å². The van der Waals surface area contributed by atoms with Crippen molar-refractivity contribution in [3.63, 3.8) is 0 Å². The lowest BCUT2D eigenvalue weighted by Gasteiger charge is -2.27. The second kappa shape index (κ2) is 14.9. The average Bonchev–Trinajstić information content (AvgIpc) is 2.94. The van der Waals surface area contributed by atoms with E-state index in [4.69, 9.17) is 26.1 Å². The van der Waals surface area contributed by atoms with E-state index in [1.165, 1.54) is 16.7 Å². The first-order valence-electron chi connectivity index (χ1n) is 12.1. The number of amidine groups is 1. The fourth-order valence-electron chi connectivity index (χ4n) is 3.83. The maximum absolute atomic E-state index is 6.45. The molecule has 0 aromatic heterocycles. The van der Waals surface area contributed by atoms with E-state index in [0.717, 1.165) is 33.7 Å². The third kappa shape index (κ3) is 8.29. The Kier molecular flexibility index (Phi) is 11.6. The quantitative estimate of drug-likeness (QED) is 0.140. The Hall–Kier alpha value is -2.93. The number of ether oxygens (including phenoxy) is 2. The first kappa shape index (κ1) is 29.6. The smallest absolute Gasteiger partial charge is 0.165 e. The molecule has 4 aromatic carbocycles. The van der Waals surface area contributed by atoms with Gasteiger partial charge in [-0.3, -0.25) is 0 Å². The Balaban J connectivity index is 0.00000400. The Bertz CT molecular complexity index is 1270. The number of hydrogen-bond donors (Lipinski definition) is 0. The maximum atomic E-state index is 6.45. The summed E-state index contributed by atoms with van der Waals surface area (Å²) in [6, 6.07) is 32.7. The number of aliphatic imine (C=N–C) groups is 1. The van der Waals surface area contributed by atoms with Gasteiger partial charge in [0.2, 0.25) is 0 Å². The van der Waals surface area contributed by atoms with Crippen LogP contribution in [0.25, 0.3) is 0 Å². The van der Waals surface area contributed by atoms with E-state index in [2.05, 4.69) is 53.4 Å². The van der Waals surface area contributed by atoms with Crippen LogP contribution in [-0.4, -0.2) is 24.3 Å². The summed E-state index contributed by atoms with van der Waals surface area (Å²) in [5.41, 5.74) is 5.43. The van der Waals surface area contributed by atoms with Crippen molar-refractivity contribution in [1.82, 2.24) is 4.90 Å². The molecule has 0 saturated heterocycles. The molecule has 0 aliphatic rings. The second-order valence-corrected chi connectivity index (χ2v) is 9.95. The van der Waals surface area contributed by atoms with Crippen molar-refractivity contribution in [3.05, 3.63) is 124 Å². The van der Waals surface area contributed by atoms with E-state index in [0.29, 0.717) is 18.1 Å². The van der Waals surface area contributed by atoms with Gasteiger partial charge in [0.1, 0.15) is 11.5 Å². The summed E-state index contributed by atoms with van der Waals surface area (Å²) in [7, 11) is 3.37. The zero-order chi connectivity index (χ0) is 26.0. The summed E-state index contributed by atoms with van der Waals surface area (Å²) in [4.78, 5) is 7.48. The van der Waals surface area contributed by atoms with E-state index >= 15 is 0 Å². The van der Waals surface area contributed by atoms with Crippen LogP contribution in [0.5, 0.6) is 11.5 Å². The van der Waals surface area contributed by atoms with Crippen LogP contribution in [-0.2, 0) is 18.8 Å². The average molecular weight is 612 g/mol. The Morgan fingerprint density at radius 1 is 0.737 bits per heavy atom. The van der Waals surface area contributed by atoms with Crippen LogP contribution in [0.1, 0.15) is 22.3 Å². The molecule has 0 amide bonds. The van der Waals surface area contributed by atoms with Gasteiger partial charge >= 0.3 is 0 Å². The summed E-state index contributed by atoms with van der Waals surface area (Å²) >= 11 is 8.18. The molecule has 0 N–H and O–H groups in total. The van der Waals surface area contributed by atoms with E-state index in [1.807, 2.05) is 55.5 Å². The highest BCUT2D eigenvalue weighted by Gasteiger charge is 2.16. The topological polar surface area (TPSA) is 34.1 Å². The van der Waals surface area contributed by atoms with E-state index in [-0.39, 0.29) is 17.0 Å². The molecule has 4 rings (SSSR count). The Morgan fingerprint density at radius 2 is 1.29 bits per heavy atom. The number of benzene rings is 4. The maximum Gasteiger partial charge on any atom is 0.165 e. The van der Waals surface area contributed by atoms with Crippen LogP contribution in [0.15, 0.2) is 102 Å². The summed E-state index contributed by atoms with van der Waals surface area (Å²) < 4.78 is 10.7. The van der Waals surface area contributed by atoms with Crippen molar-refractivity contribution in [2.75, 3.05) is 14.2 Å². The fourth-order valence-corrected chi connectivity index (χ4v) is 4.96. The van der Waals surface area contributed by atoms with Gasteiger partial charge in [-0.05, 0) is 65.6 Å². The van der Waals surface area contributed by atoms with Crippen LogP contribution < -0.4 is 9.47 Å². The van der Waals surface area contributed by atoms with Gasteiger partial charge in [0.05, 0.1) is 19.9 Å². The third-order valence-electron chi connectivity index (χ3n) is 6.00. The van der Waals surface area contributed by atoms with Crippen molar-refractivity contribution in [2.45, 2.75) is 25.8 Å². The summed E-state index contributed by atoms with van der Waals surface area (Å²) in [6.07, 6.45) is 0. The van der Waals surface area contributed by atoms with Gasteiger partial charge in [0.25, 0.3) is 0 Å². The van der Waals surface area contributed by atoms with Gasteiger partial charge in [-0.15, -0.1) is 17.0 Å². The molecule has 4 aromatic rings. The first-order valence-corrected chi connectivity index (χ1v) is 13.4. The van der Waals surface area contributed by atoms with Crippen molar-refractivity contribution in [2.24, 2.45) is 4.99 Å². The molecule has 198 valence electrons. The minimum absolute atomic E-state index is 0. The van der Waals surface area contributed by atoms with E-state index in [1.54, 1.807) is 26.0 Å². The normalized spacial score (nSPS) is 11.0. The Morgan fingerprint density at radius 3 is 1.82 bits per heavy atom. The second-order valence-electron chi connectivity index (χ2n) is 8.60. The van der Waals surface area contributed by atoms with Gasteiger partial charge in [-0.25, -0.2) is 4.99 Å². The highest BCUT2D eigenvalue weighted by Crippen LogP contribution is 2.30. The predicted octanol–water partition coefficient (Wildman–Crippen LogP) is 8.87. The predicted molar refractivity (Wildman–Crippen MR) is 167 cm³/mol. The molecule has 0 saturated carbocycles. The van der Waals surface area contributed by atoms with Gasteiger partial charge in [0, 0.05) is 23.9 Å². The standard InChI is InChI=1S/C31H31ClN2O2S.BrH/c1-23-29(32)10-7-11-30(23)33-31(37-22-26-8-5-4-6-9-26)34(20-24-12-16-27(35-2)17-13-24)21-25-14-18-28(36-3)19-15-25;/h4-19H,20-22H2,1-3H3;1H. The molecule has 7 heteroatoms. The van der Waals surface area contributed by atoms with Crippen molar-refractivity contribution in [3.8, 4) is 11.5 Å². The first-order chi connectivity index (χ1) is 18.1. The zero-order valence-electron chi connectivity index (χ0n) is 21.8. The number of halogens is 2. The third-order valence-corrected chi connectivity index (χ3v) is 7.50. The van der Waals surface area contributed by atoms with Gasteiger partial charge in [-0.1, -0.05) is 84.0 Å². The molecule has 0 aliphatic carbocycles. The number of methoxy groups -OCH3 is 2. The van der Waals surface area contributed by atoms with Gasteiger partial charge in [-0.2, -0.15) is 0 Å². The molecule has 4 nitrogen and oxygen atoms in total. The largest absolute Gasteiger partial charge is 0.497 e. The molecule has 38 heavy (non-hydrogen) atoms. The molecule has 0 heterocycles. The molecule has 0 radical (unpaired) electrons. The fraction of sp³-hybridized carbons (Fsp3) is 0.194. The minimum Gasteiger partial charge on any atom is -0.497 e. The lowest BCUT2D eigenvalue weighted by molar-refractivity contribution is 0.405. The number of rotatable bonds is 9. The van der Waals surface area contributed by atoms with Crippen LogP contribution >= 0.6 is 40.3 Å². The highest BCUT2D eigenvalue weighted by molar-refractivity contribution is 8.93. The SMILES string of the molecule is Br.COc1ccc(CN(Cc2ccc(OC)cc2)C(=Nc2cccc(Cl)c2C)SCc2ccccc2)cc1. The minimum atomic E-state index is 0. The van der Waals surface area contributed by atoms with Crippen LogP contribution in [0.3, 0.4) is 0 Å². The van der Waals surface area contributed by atoms with Crippen molar-refractivity contribution < 1.29 is 9.47 Å². The van der Waals surface area contributed by atoms with Gasteiger partial charge in [0.15, 0.2) is 5.17 Å². The molecule has 0 atom stereocenters. The molecule has 0 fully saturated rings. The molecular formula is C31H32BrClN2O2S. The monoisotopic (exact) mass is 610 g/mol. The number of hydrogen-bond acceptors (Lipinski definition) is 4. The summed E-state index contributed by atoms with van der Waals surface area (Å²) in [6.45, 7) is 3.39. The molecule has 0 bridgehead atoms. The Labute approximate surface area is 245 Å². The molecule has 0 spiro atoms. The zero-order valence-corrected chi connectivity index (χ0v) is 25.0. The molecular weight excluding hydrogens is 580 g/mol. The summed E-state index contributed by atoms with van der Waals surface area (Å²) in [5, 5.41) is 1.64. The number of nitrogens with zero attached hydrogens (tertiary/aromatic N) is 2. The van der Waals surface area contributed by atoms with Crippen LogP contribution in [0, 0.1) is 6.92 Å². The summed E-state index contributed by atoms with van der Waals surface area (Å²) in [5.74, 6) is 2.49. The van der Waals surface area contributed by atoms with Crippen LogP contribution in [0.4, 0.5) is 5.69 Å². The lowest BCUT2D eigenvalue weighted by atomic mass is 10.1. The number of thioether (sulfide) groups is 1. The highest BCUT2D eigenvalue weighted by atomic mass is 79.9.